The Bertz CT molecular complexity index is 737. The smallest absolute Gasteiger partial charge is 0.321 e. The Kier molecular flexibility index (Phi) is 3.53. The summed E-state index contributed by atoms with van der Waals surface area (Å²) in [5.74, 6) is 0.190. The van der Waals surface area contributed by atoms with Crippen LogP contribution in [0.3, 0.4) is 0 Å². The zero-order chi connectivity index (χ0) is 13.9. The number of rotatable bonds is 3. The molecule has 102 valence electrons. The normalized spacial score (nSPS) is 10.6. The van der Waals surface area contributed by atoms with Crippen molar-refractivity contribution < 1.29 is 9.90 Å². The number of benzene rings is 1. The summed E-state index contributed by atoms with van der Waals surface area (Å²) in [6.07, 6.45) is 0. The quantitative estimate of drug-likeness (QED) is 0.694. The van der Waals surface area contributed by atoms with Crippen LogP contribution in [0.5, 0.6) is 5.75 Å². The fourth-order valence-corrected chi connectivity index (χ4v) is 3.23. The maximum Gasteiger partial charge on any atom is 0.321 e. The zero-order valence-electron chi connectivity index (χ0n) is 10.3. The van der Waals surface area contributed by atoms with Crippen molar-refractivity contribution >= 4 is 44.1 Å². The van der Waals surface area contributed by atoms with Gasteiger partial charge in [-0.3, -0.25) is 5.32 Å². The molecule has 0 aliphatic heterocycles. The van der Waals surface area contributed by atoms with Gasteiger partial charge in [0.1, 0.15) is 5.75 Å². The number of thiophene rings is 1. The van der Waals surface area contributed by atoms with Gasteiger partial charge in [-0.05, 0) is 29.6 Å². The lowest BCUT2D eigenvalue weighted by Gasteiger charge is -2.03. The largest absolute Gasteiger partial charge is 0.508 e. The Morgan fingerprint density at radius 3 is 3.05 bits per heavy atom. The molecule has 1 aromatic carbocycles. The van der Waals surface area contributed by atoms with Gasteiger partial charge in [-0.25, -0.2) is 9.78 Å². The third-order valence-electron chi connectivity index (χ3n) is 2.60. The van der Waals surface area contributed by atoms with Gasteiger partial charge in [-0.2, -0.15) is 0 Å². The van der Waals surface area contributed by atoms with Crippen LogP contribution < -0.4 is 10.6 Å². The fraction of sp³-hybridized carbons (Fsp3) is 0.0769. The topological polar surface area (TPSA) is 74.2 Å². The molecule has 2 heterocycles. The second-order valence-corrected chi connectivity index (χ2v) is 6.12. The number of urea groups is 1. The molecule has 0 aliphatic rings. The highest BCUT2D eigenvalue weighted by molar-refractivity contribution is 7.22. The number of aromatic nitrogens is 1. The number of nitrogens with one attached hydrogen (secondary N) is 2. The van der Waals surface area contributed by atoms with Crippen molar-refractivity contribution in [3.05, 3.63) is 40.6 Å². The third kappa shape index (κ3) is 2.89. The highest BCUT2D eigenvalue weighted by atomic mass is 32.1. The number of carbonyl (C=O) groups excluding carboxylic acids is 1. The molecule has 7 heteroatoms. The van der Waals surface area contributed by atoms with E-state index in [4.69, 9.17) is 0 Å². The van der Waals surface area contributed by atoms with Crippen LogP contribution in [-0.4, -0.2) is 16.1 Å². The van der Waals surface area contributed by atoms with Crippen molar-refractivity contribution in [2.75, 3.05) is 5.32 Å². The SMILES string of the molecule is O=C(NCc1cccs1)Nc1nc2ccc(O)cc2s1. The number of nitrogens with zero attached hydrogens (tertiary/aromatic N) is 1. The van der Waals surface area contributed by atoms with Gasteiger partial charge in [0.2, 0.25) is 0 Å². The first-order valence-electron chi connectivity index (χ1n) is 5.87. The summed E-state index contributed by atoms with van der Waals surface area (Å²) < 4.78 is 0.832. The number of carbonyl (C=O) groups is 1. The summed E-state index contributed by atoms with van der Waals surface area (Å²) >= 11 is 2.92. The van der Waals surface area contributed by atoms with Crippen LogP contribution in [0.1, 0.15) is 4.88 Å². The lowest BCUT2D eigenvalue weighted by Crippen LogP contribution is -2.27. The number of phenolic OH excluding ortho intramolecular Hbond substituents is 1. The molecule has 20 heavy (non-hydrogen) atoms. The van der Waals surface area contributed by atoms with Crippen molar-refractivity contribution in [3.63, 3.8) is 0 Å². The maximum absolute atomic E-state index is 11.8. The number of amides is 2. The Labute approximate surface area is 122 Å². The first kappa shape index (κ1) is 12.9. The van der Waals surface area contributed by atoms with Crippen LogP contribution in [0.4, 0.5) is 9.93 Å². The minimum Gasteiger partial charge on any atom is -0.508 e. The number of aromatic hydroxyl groups is 1. The van der Waals surface area contributed by atoms with Crippen LogP contribution in [-0.2, 0) is 6.54 Å². The van der Waals surface area contributed by atoms with Crippen LogP contribution in [0.2, 0.25) is 0 Å². The highest BCUT2D eigenvalue weighted by Crippen LogP contribution is 2.28. The molecule has 0 unspecified atom stereocenters. The summed E-state index contributed by atoms with van der Waals surface area (Å²) in [5, 5.41) is 17.3. The Hall–Kier alpha value is -2.12. The van der Waals surface area contributed by atoms with Crippen molar-refractivity contribution in [2.45, 2.75) is 6.54 Å². The number of thiazole rings is 1. The number of hydrogen-bond acceptors (Lipinski definition) is 5. The second-order valence-electron chi connectivity index (χ2n) is 4.06. The van der Waals surface area contributed by atoms with Gasteiger partial charge in [-0.15, -0.1) is 11.3 Å². The molecule has 3 aromatic rings. The van der Waals surface area contributed by atoms with Gasteiger partial charge in [0, 0.05) is 4.88 Å². The van der Waals surface area contributed by atoms with Crippen LogP contribution in [0, 0.1) is 0 Å². The van der Waals surface area contributed by atoms with Crippen LogP contribution in [0.25, 0.3) is 10.2 Å². The Morgan fingerprint density at radius 2 is 2.25 bits per heavy atom. The minimum absolute atomic E-state index is 0.190. The molecule has 0 saturated carbocycles. The molecular formula is C13H11N3O2S2. The minimum atomic E-state index is -0.290. The second kappa shape index (κ2) is 5.48. The van der Waals surface area contributed by atoms with E-state index in [9.17, 15) is 9.90 Å². The number of anilines is 1. The summed E-state index contributed by atoms with van der Waals surface area (Å²) in [6.45, 7) is 0.495. The summed E-state index contributed by atoms with van der Waals surface area (Å²) in [4.78, 5) is 17.1. The first-order valence-corrected chi connectivity index (χ1v) is 7.57. The van der Waals surface area contributed by atoms with Crippen molar-refractivity contribution in [2.24, 2.45) is 0 Å². The molecule has 0 aliphatic carbocycles. The molecule has 5 nitrogen and oxygen atoms in total. The standard InChI is InChI=1S/C13H11N3O2S2/c17-8-3-4-10-11(6-8)20-13(15-10)16-12(18)14-7-9-2-1-5-19-9/h1-6,17H,7H2,(H2,14,15,16,18). The summed E-state index contributed by atoms with van der Waals surface area (Å²) in [6, 6.07) is 8.53. The predicted molar refractivity (Wildman–Crippen MR) is 81.5 cm³/mol. The molecule has 3 N–H and O–H groups in total. The molecule has 0 fully saturated rings. The molecule has 0 bridgehead atoms. The van der Waals surface area contributed by atoms with Crippen LogP contribution in [0.15, 0.2) is 35.7 Å². The lowest BCUT2D eigenvalue weighted by molar-refractivity contribution is 0.252. The van der Waals surface area contributed by atoms with Gasteiger partial charge in [0.25, 0.3) is 0 Å². The van der Waals surface area contributed by atoms with E-state index in [0.29, 0.717) is 11.7 Å². The number of fused-ring (bicyclic) bond motifs is 1. The molecule has 3 rings (SSSR count). The molecule has 2 amide bonds. The average Bonchev–Trinajstić information content (AvgIpc) is 3.04. The van der Waals surface area contributed by atoms with Gasteiger partial charge < -0.3 is 10.4 Å². The fourth-order valence-electron chi connectivity index (χ4n) is 1.69. The van der Waals surface area contributed by atoms with Gasteiger partial charge in [0.15, 0.2) is 5.13 Å². The van der Waals surface area contributed by atoms with E-state index in [1.165, 1.54) is 11.3 Å². The van der Waals surface area contributed by atoms with E-state index < -0.39 is 0 Å². The Balaban J connectivity index is 1.65. The van der Waals surface area contributed by atoms with E-state index in [1.807, 2.05) is 17.5 Å². The van der Waals surface area contributed by atoms with Gasteiger partial charge >= 0.3 is 6.03 Å². The predicted octanol–water partition coefficient (Wildman–Crippen LogP) is 3.39. The monoisotopic (exact) mass is 305 g/mol. The van der Waals surface area contributed by atoms with Gasteiger partial charge in [-0.1, -0.05) is 17.4 Å². The summed E-state index contributed by atoms with van der Waals surface area (Å²) in [7, 11) is 0. The van der Waals surface area contributed by atoms with E-state index in [2.05, 4.69) is 15.6 Å². The van der Waals surface area contributed by atoms with E-state index in [1.54, 1.807) is 29.5 Å². The van der Waals surface area contributed by atoms with E-state index >= 15 is 0 Å². The van der Waals surface area contributed by atoms with E-state index in [-0.39, 0.29) is 11.8 Å². The number of hydrogen-bond donors (Lipinski definition) is 3. The number of phenols is 1. The Morgan fingerprint density at radius 1 is 1.35 bits per heavy atom. The zero-order valence-corrected chi connectivity index (χ0v) is 11.9. The summed E-state index contributed by atoms with van der Waals surface area (Å²) in [5.41, 5.74) is 0.751. The highest BCUT2D eigenvalue weighted by Gasteiger charge is 2.08. The van der Waals surface area contributed by atoms with Gasteiger partial charge in [0.05, 0.1) is 16.8 Å². The lowest BCUT2D eigenvalue weighted by atomic mass is 10.3. The van der Waals surface area contributed by atoms with Crippen molar-refractivity contribution in [3.8, 4) is 5.75 Å². The third-order valence-corrected chi connectivity index (χ3v) is 4.41. The maximum atomic E-state index is 11.8. The molecule has 2 aromatic heterocycles. The average molecular weight is 305 g/mol. The van der Waals surface area contributed by atoms with Crippen LogP contribution >= 0.6 is 22.7 Å². The molecular weight excluding hydrogens is 294 g/mol. The van der Waals surface area contributed by atoms with Crippen molar-refractivity contribution in [1.29, 1.82) is 0 Å². The van der Waals surface area contributed by atoms with Crippen molar-refractivity contribution in [1.82, 2.24) is 10.3 Å². The molecule has 0 atom stereocenters. The van der Waals surface area contributed by atoms with E-state index in [0.717, 1.165) is 15.1 Å². The molecule has 0 radical (unpaired) electrons. The molecule has 0 saturated heterocycles. The molecule has 0 spiro atoms. The first-order chi connectivity index (χ1) is 9.70.